The summed E-state index contributed by atoms with van der Waals surface area (Å²) in [6.07, 6.45) is 0.119. The van der Waals surface area contributed by atoms with Gasteiger partial charge in [-0.05, 0) is 24.3 Å². The first-order valence-corrected chi connectivity index (χ1v) is 9.89. The molecule has 1 amide bonds. The number of anilines is 3. The van der Waals surface area contributed by atoms with Gasteiger partial charge in [0, 0.05) is 17.5 Å². The highest BCUT2D eigenvalue weighted by Crippen LogP contribution is 2.33. The lowest BCUT2D eigenvalue weighted by molar-refractivity contribution is -0.115. The quantitative estimate of drug-likeness (QED) is 0.529. The summed E-state index contributed by atoms with van der Waals surface area (Å²) < 4.78 is 21.1. The average molecular weight is 429 g/mol. The zero-order valence-electron chi connectivity index (χ0n) is 17.1. The third-order valence-corrected chi connectivity index (χ3v) is 5.03. The number of ether oxygens (including phenoxy) is 4. The van der Waals surface area contributed by atoms with E-state index in [2.05, 4.69) is 15.6 Å². The van der Waals surface area contributed by atoms with E-state index < -0.39 is 0 Å². The van der Waals surface area contributed by atoms with Crippen molar-refractivity contribution in [2.24, 2.45) is 0 Å². The van der Waals surface area contributed by atoms with E-state index in [-0.39, 0.29) is 12.3 Å². The molecule has 1 heterocycles. The Bertz CT molecular complexity index is 1020. The van der Waals surface area contributed by atoms with Gasteiger partial charge in [0.2, 0.25) is 5.91 Å². The highest BCUT2D eigenvalue weighted by molar-refractivity contribution is 7.13. The summed E-state index contributed by atoms with van der Waals surface area (Å²) in [5.74, 6) is 2.32. The molecule has 0 fully saturated rings. The van der Waals surface area contributed by atoms with E-state index in [1.807, 2.05) is 23.6 Å². The van der Waals surface area contributed by atoms with Crippen molar-refractivity contribution in [1.29, 1.82) is 0 Å². The Kier molecular flexibility index (Phi) is 6.97. The minimum Gasteiger partial charge on any atom is -0.497 e. The van der Waals surface area contributed by atoms with Crippen molar-refractivity contribution in [1.82, 2.24) is 4.98 Å². The van der Waals surface area contributed by atoms with Crippen molar-refractivity contribution in [3.05, 3.63) is 47.5 Å². The summed E-state index contributed by atoms with van der Waals surface area (Å²) in [6, 6.07) is 10.7. The number of hydrogen-bond donors (Lipinski definition) is 2. The van der Waals surface area contributed by atoms with Gasteiger partial charge in [-0.15, -0.1) is 11.3 Å². The van der Waals surface area contributed by atoms with Gasteiger partial charge in [-0.1, -0.05) is 0 Å². The monoisotopic (exact) mass is 429 g/mol. The van der Waals surface area contributed by atoms with Gasteiger partial charge in [-0.25, -0.2) is 4.98 Å². The summed E-state index contributed by atoms with van der Waals surface area (Å²) in [6.45, 7) is 0. The molecule has 30 heavy (non-hydrogen) atoms. The first-order valence-electron chi connectivity index (χ1n) is 9.01. The SMILES string of the molecule is COc1ccc(OC)c(NC(=O)Cc2csc(Nc3cc(OC)ccc3OC)n2)c1. The maximum absolute atomic E-state index is 12.5. The minimum atomic E-state index is -0.211. The Labute approximate surface area is 178 Å². The van der Waals surface area contributed by atoms with Crippen molar-refractivity contribution in [2.75, 3.05) is 39.1 Å². The number of aromatic nitrogens is 1. The Morgan fingerprint density at radius 2 is 1.50 bits per heavy atom. The smallest absolute Gasteiger partial charge is 0.230 e. The largest absolute Gasteiger partial charge is 0.497 e. The Morgan fingerprint density at radius 1 is 0.900 bits per heavy atom. The van der Waals surface area contributed by atoms with Crippen LogP contribution < -0.4 is 29.6 Å². The highest BCUT2D eigenvalue weighted by atomic mass is 32.1. The zero-order chi connectivity index (χ0) is 21.5. The van der Waals surface area contributed by atoms with Gasteiger partial charge in [-0.2, -0.15) is 0 Å². The van der Waals surface area contributed by atoms with Crippen molar-refractivity contribution in [2.45, 2.75) is 6.42 Å². The molecule has 0 spiro atoms. The van der Waals surface area contributed by atoms with Crippen LogP contribution in [-0.4, -0.2) is 39.3 Å². The molecule has 2 aromatic carbocycles. The third kappa shape index (κ3) is 5.12. The fourth-order valence-corrected chi connectivity index (χ4v) is 3.47. The van der Waals surface area contributed by atoms with Crippen LogP contribution in [0.1, 0.15) is 5.69 Å². The van der Waals surface area contributed by atoms with Crippen LogP contribution in [0.4, 0.5) is 16.5 Å². The predicted octanol–water partition coefficient (Wildman–Crippen LogP) is 4.10. The molecule has 0 aliphatic heterocycles. The Morgan fingerprint density at radius 3 is 2.10 bits per heavy atom. The van der Waals surface area contributed by atoms with Gasteiger partial charge in [0.05, 0.1) is 51.9 Å². The lowest BCUT2D eigenvalue weighted by Crippen LogP contribution is -2.15. The van der Waals surface area contributed by atoms with Crippen LogP contribution in [0.25, 0.3) is 0 Å². The van der Waals surface area contributed by atoms with E-state index >= 15 is 0 Å². The molecule has 0 atom stereocenters. The van der Waals surface area contributed by atoms with Crippen molar-refractivity contribution >= 4 is 33.8 Å². The molecule has 0 aliphatic carbocycles. The van der Waals surface area contributed by atoms with Crippen LogP contribution in [0.2, 0.25) is 0 Å². The molecule has 0 saturated carbocycles. The number of amides is 1. The summed E-state index contributed by atoms with van der Waals surface area (Å²) >= 11 is 1.40. The summed E-state index contributed by atoms with van der Waals surface area (Å²) in [5, 5.41) is 8.52. The van der Waals surface area contributed by atoms with E-state index in [0.717, 1.165) is 5.69 Å². The normalized spacial score (nSPS) is 10.3. The highest BCUT2D eigenvalue weighted by Gasteiger charge is 2.13. The van der Waals surface area contributed by atoms with Gasteiger partial charge >= 0.3 is 0 Å². The first-order chi connectivity index (χ1) is 14.6. The van der Waals surface area contributed by atoms with Gasteiger partial charge in [0.15, 0.2) is 5.13 Å². The zero-order valence-corrected chi connectivity index (χ0v) is 18.0. The van der Waals surface area contributed by atoms with Gasteiger partial charge in [-0.3, -0.25) is 4.79 Å². The predicted molar refractivity (Wildman–Crippen MR) is 117 cm³/mol. The molecule has 8 nitrogen and oxygen atoms in total. The van der Waals surface area contributed by atoms with Crippen LogP contribution in [0, 0.1) is 0 Å². The molecule has 3 rings (SSSR count). The maximum atomic E-state index is 12.5. The van der Waals surface area contributed by atoms with E-state index in [1.54, 1.807) is 46.6 Å². The van der Waals surface area contributed by atoms with E-state index in [1.165, 1.54) is 11.3 Å². The van der Waals surface area contributed by atoms with Crippen LogP contribution in [0.3, 0.4) is 0 Å². The molecule has 0 unspecified atom stereocenters. The lowest BCUT2D eigenvalue weighted by atomic mass is 10.2. The second-order valence-corrected chi connectivity index (χ2v) is 6.98. The summed E-state index contributed by atoms with van der Waals surface area (Å²) in [7, 11) is 6.30. The molecular formula is C21H23N3O5S. The van der Waals surface area contributed by atoms with Gasteiger partial charge < -0.3 is 29.6 Å². The molecule has 3 aromatic rings. The van der Waals surface area contributed by atoms with E-state index in [0.29, 0.717) is 39.5 Å². The third-order valence-electron chi connectivity index (χ3n) is 4.22. The van der Waals surface area contributed by atoms with Crippen LogP contribution in [-0.2, 0) is 11.2 Å². The number of nitrogens with one attached hydrogen (secondary N) is 2. The Hall–Kier alpha value is -3.46. The van der Waals surface area contributed by atoms with Crippen LogP contribution in [0.15, 0.2) is 41.8 Å². The van der Waals surface area contributed by atoms with E-state index in [9.17, 15) is 4.79 Å². The number of thiazole rings is 1. The van der Waals surface area contributed by atoms with Crippen molar-refractivity contribution in [3.63, 3.8) is 0 Å². The molecule has 0 radical (unpaired) electrons. The first kappa shape index (κ1) is 21.3. The number of methoxy groups -OCH3 is 4. The number of nitrogens with zero attached hydrogens (tertiary/aromatic N) is 1. The molecule has 158 valence electrons. The van der Waals surface area contributed by atoms with Crippen LogP contribution in [0.5, 0.6) is 23.0 Å². The minimum absolute atomic E-state index is 0.119. The topological polar surface area (TPSA) is 90.9 Å². The molecule has 0 aliphatic rings. The number of carbonyl (C=O) groups excluding carboxylic acids is 1. The summed E-state index contributed by atoms with van der Waals surface area (Å²) in [4.78, 5) is 17.0. The fourth-order valence-electron chi connectivity index (χ4n) is 2.74. The lowest BCUT2D eigenvalue weighted by Gasteiger charge is -2.11. The molecule has 0 saturated heterocycles. The Balaban J connectivity index is 1.68. The fraction of sp³-hybridized carbons (Fsp3) is 0.238. The van der Waals surface area contributed by atoms with Crippen LogP contribution >= 0.6 is 11.3 Å². The van der Waals surface area contributed by atoms with Gasteiger partial charge in [0.1, 0.15) is 23.0 Å². The number of benzene rings is 2. The molecule has 1 aromatic heterocycles. The molecule has 2 N–H and O–H groups in total. The number of carbonyl (C=O) groups is 1. The average Bonchev–Trinajstić information content (AvgIpc) is 3.19. The van der Waals surface area contributed by atoms with E-state index in [4.69, 9.17) is 18.9 Å². The molecular weight excluding hydrogens is 406 g/mol. The number of rotatable bonds is 9. The number of hydrogen-bond acceptors (Lipinski definition) is 8. The van der Waals surface area contributed by atoms with Gasteiger partial charge in [0.25, 0.3) is 0 Å². The second kappa shape index (κ2) is 9.84. The molecule has 0 bridgehead atoms. The molecule has 9 heteroatoms. The maximum Gasteiger partial charge on any atom is 0.230 e. The standard InChI is InChI=1S/C21H23N3O5S/c1-26-14-5-7-18(28-3)16(10-14)23-20(25)9-13-12-30-21(22-13)24-17-11-15(27-2)6-8-19(17)29-4/h5-8,10-12H,9H2,1-4H3,(H,22,24)(H,23,25). The summed E-state index contributed by atoms with van der Waals surface area (Å²) in [5.41, 5.74) is 1.91. The van der Waals surface area contributed by atoms with Crippen molar-refractivity contribution in [3.8, 4) is 23.0 Å². The van der Waals surface area contributed by atoms with Crippen molar-refractivity contribution < 1.29 is 23.7 Å². The second-order valence-electron chi connectivity index (χ2n) is 6.13.